The van der Waals surface area contributed by atoms with Crippen LogP contribution in [-0.2, 0) is 27.8 Å². The smallest absolute Gasteiger partial charge is 0.240 e. The van der Waals surface area contributed by atoms with Crippen molar-refractivity contribution in [2.75, 3.05) is 13.1 Å². The van der Waals surface area contributed by atoms with Crippen molar-refractivity contribution in [3.05, 3.63) is 64.0 Å². The van der Waals surface area contributed by atoms with Crippen LogP contribution < -0.4 is 4.72 Å². The summed E-state index contributed by atoms with van der Waals surface area (Å²) in [6.07, 6.45) is 0.783. The molecule has 0 atom stereocenters. The van der Waals surface area contributed by atoms with E-state index in [-0.39, 0.29) is 23.8 Å². The maximum absolute atomic E-state index is 13.0. The molecule has 1 amide bonds. The number of aromatic amines is 1. The number of benzene rings is 2. The molecule has 9 heteroatoms. The lowest BCUT2D eigenvalue weighted by Gasteiger charge is -2.27. The van der Waals surface area contributed by atoms with Gasteiger partial charge in [-0.15, -0.1) is 0 Å². The van der Waals surface area contributed by atoms with Crippen LogP contribution in [0.5, 0.6) is 0 Å². The van der Waals surface area contributed by atoms with Gasteiger partial charge >= 0.3 is 0 Å². The van der Waals surface area contributed by atoms with Crippen LogP contribution in [-0.4, -0.2) is 37.3 Å². The van der Waals surface area contributed by atoms with Crippen LogP contribution in [0.15, 0.2) is 51.8 Å². The Bertz CT molecular complexity index is 1180. The van der Waals surface area contributed by atoms with E-state index < -0.39 is 15.8 Å². The molecule has 2 N–H and O–H groups in total. The largest absolute Gasteiger partial charge is 0.357 e. The van der Waals surface area contributed by atoms with Gasteiger partial charge in [-0.1, -0.05) is 12.1 Å². The average molecular weight is 480 g/mol. The number of nitrogens with one attached hydrogen (secondary N) is 2. The second-order valence-electron chi connectivity index (χ2n) is 6.91. The Kier molecular flexibility index (Phi) is 5.46. The van der Waals surface area contributed by atoms with Gasteiger partial charge in [0.25, 0.3) is 0 Å². The monoisotopic (exact) mass is 479 g/mol. The van der Waals surface area contributed by atoms with Gasteiger partial charge in [0.1, 0.15) is 5.82 Å². The van der Waals surface area contributed by atoms with E-state index in [4.69, 9.17) is 0 Å². The topological polar surface area (TPSA) is 82.3 Å². The standard InChI is InChI=1S/C20H19BrFN3O3S/c21-17-3-1-2-15-16-12-25(11-9-18(16)24-20(15)17)19(26)8-10-23-29(27,28)14-6-4-13(22)5-7-14/h1-7,23-24H,8-12H2. The lowest BCUT2D eigenvalue weighted by Crippen LogP contribution is -2.37. The number of hydrogen-bond acceptors (Lipinski definition) is 3. The van der Waals surface area contributed by atoms with Crippen LogP contribution in [0.1, 0.15) is 17.7 Å². The molecule has 0 fully saturated rings. The first kappa shape index (κ1) is 20.1. The first-order valence-electron chi connectivity index (χ1n) is 9.16. The number of rotatable bonds is 5. The van der Waals surface area contributed by atoms with Gasteiger partial charge in [-0.05, 0) is 46.3 Å². The first-order valence-corrected chi connectivity index (χ1v) is 11.4. The van der Waals surface area contributed by atoms with Gasteiger partial charge < -0.3 is 9.88 Å². The van der Waals surface area contributed by atoms with E-state index >= 15 is 0 Å². The fraction of sp³-hybridized carbons (Fsp3) is 0.250. The number of carbonyl (C=O) groups is 1. The minimum absolute atomic E-state index is 0.0126. The van der Waals surface area contributed by atoms with Crippen LogP contribution in [0.25, 0.3) is 10.9 Å². The van der Waals surface area contributed by atoms with E-state index in [1.807, 2.05) is 18.2 Å². The molecule has 0 radical (unpaired) electrons. The third kappa shape index (κ3) is 4.08. The second kappa shape index (κ2) is 7.89. The van der Waals surface area contributed by atoms with Gasteiger partial charge in [-0.2, -0.15) is 0 Å². The summed E-state index contributed by atoms with van der Waals surface area (Å²) in [5, 5.41) is 1.09. The molecule has 1 aliphatic heterocycles. The van der Waals surface area contributed by atoms with Crippen LogP contribution >= 0.6 is 15.9 Å². The van der Waals surface area contributed by atoms with Gasteiger partial charge in [-0.25, -0.2) is 17.5 Å². The molecule has 0 spiro atoms. The lowest BCUT2D eigenvalue weighted by molar-refractivity contribution is -0.131. The number of sulfonamides is 1. The maximum Gasteiger partial charge on any atom is 0.240 e. The molecule has 2 heterocycles. The van der Waals surface area contributed by atoms with E-state index in [0.717, 1.165) is 45.2 Å². The zero-order valence-electron chi connectivity index (χ0n) is 15.4. The molecular formula is C20H19BrFN3O3S. The Morgan fingerprint density at radius 3 is 2.72 bits per heavy atom. The number of aromatic nitrogens is 1. The number of para-hydroxylation sites is 1. The van der Waals surface area contributed by atoms with Crippen molar-refractivity contribution < 1.29 is 17.6 Å². The fourth-order valence-corrected chi connectivity index (χ4v) is 5.06. The van der Waals surface area contributed by atoms with E-state index in [0.29, 0.717) is 13.1 Å². The Hall–Kier alpha value is -2.23. The van der Waals surface area contributed by atoms with Crippen molar-refractivity contribution in [1.82, 2.24) is 14.6 Å². The average Bonchev–Trinajstić information content (AvgIpc) is 3.07. The van der Waals surface area contributed by atoms with Gasteiger partial charge in [-0.3, -0.25) is 4.79 Å². The molecule has 3 aromatic rings. The molecule has 0 unspecified atom stereocenters. The van der Waals surface area contributed by atoms with Crippen molar-refractivity contribution >= 4 is 42.8 Å². The van der Waals surface area contributed by atoms with Gasteiger partial charge in [0.2, 0.25) is 15.9 Å². The summed E-state index contributed by atoms with van der Waals surface area (Å²) < 4.78 is 40.8. The van der Waals surface area contributed by atoms with Crippen molar-refractivity contribution in [2.45, 2.75) is 24.3 Å². The predicted octanol–water partition coefficient (Wildman–Crippen LogP) is 3.32. The van der Waals surface area contributed by atoms with Crippen molar-refractivity contribution in [2.24, 2.45) is 0 Å². The Morgan fingerprint density at radius 2 is 1.97 bits per heavy atom. The van der Waals surface area contributed by atoms with Crippen LogP contribution in [0.3, 0.4) is 0 Å². The van der Waals surface area contributed by atoms with Crippen molar-refractivity contribution in [1.29, 1.82) is 0 Å². The first-order chi connectivity index (χ1) is 13.8. The van der Waals surface area contributed by atoms with Crippen LogP contribution in [0.2, 0.25) is 0 Å². The van der Waals surface area contributed by atoms with Gasteiger partial charge in [0.05, 0.1) is 10.4 Å². The Labute approximate surface area is 176 Å². The third-order valence-corrected chi connectivity index (χ3v) is 7.20. The zero-order valence-corrected chi connectivity index (χ0v) is 17.8. The second-order valence-corrected chi connectivity index (χ2v) is 9.53. The molecule has 2 aromatic carbocycles. The van der Waals surface area contributed by atoms with Crippen molar-refractivity contribution in [3.63, 3.8) is 0 Å². The van der Waals surface area contributed by atoms with E-state index in [9.17, 15) is 17.6 Å². The summed E-state index contributed by atoms with van der Waals surface area (Å²) in [5.41, 5.74) is 3.26. The highest BCUT2D eigenvalue weighted by atomic mass is 79.9. The van der Waals surface area contributed by atoms with E-state index in [1.54, 1.807) is 4.90 Å². The van der Waals surface area contributed by atoms with E-state index in [1.165, 1.54) is 12.1 Å². The van der Waals surface area contributed by atoms with Crippen molar-refractivity contribution in [3.8, 4) is 0 Å². The summed E-state index contributed by atoms with van der Waals surface area (Å²) in [6.45, 7) is 1.07. The molecule has 0 saturated heterocycles. The molecule has 1 aliphatic rings. The maximum atomic E-state index is 13.0. The molecular weight excluding hydrogens is 461 g/mol. The molecule has 29 heavy (non-hydrogen) atoms. The summed E-state index contributed by atoms with van der Waals surface area (Å²) in [7, 11) is -3.77. The number of hydrogen-bond donors (Lipinski definition) is 2. The fourth-order valence-electron chi connectivity index (χ4n) is 3.56. The van der Waals surface area contributed by atoms with Gasteiger partial charge in [0, 0.05) is 53.6 Å². The number of halogens is 2. The molecule has 0 bridgehead atoms. The molecule has 6 nitrogen and oxygen atoms in total. The molecule has 0 aliphatic carbocycles. The SMILES string of the molecule is O=C(CCNS(=O)(=O)c1ccc(F)cc1)N1CCc2[nH]c3c(Br)cccc3c2C1. The zero-order chi connectivity index (χ0) is 20.6. The highest BCUT2D eigenvalue weighted by Crippen LogP contribution is 2.31. The Morgan fingerprint density at radius 1 is 1.21 bits per heavy atom. The number of amides is 1. The normalized spacial score (nSPS) is 14.2. The van der Waals surface area contributed by atoms with E-state index in [2.05, 4.69) is 25.6 Å². The molecule has 0 saturated carbocycles. The summed E-state index contributed by atoms with van der Waals surface area (Å²) in [4.78, 5) is 17.8. The number of H-pyrrole nitrogens is 1. The third-order valence-electron chi connectivity index (χ3n) is 5.07. The highest BCUT2D eigenvalue weighted by molar-refractivity contribution is 9.10. The predicted molar refractivity (Wildman–Crippen MR) is 111 cm³/mol. The molecule has 152 valence electrons. The number of fused-ring (bicyclic) bond motifs is 3. The highest BCUT2D eigenvalue weighted by Gasteiger charge is 2.24. The number of nitrogens with zero attached hydrogens (tertiary/aromatic N) is 1. The summed E-state index contributed by atoms with van der Waals surface area (Å²) in [5.74, 6) is -0.616. The quantitative estimate of drug-likeness (QED) is 0.588. The molecule has 4 rings (SSSR count). The summed E-state index contributed by atoms with van der Waals surface area (Å²) in [6, 6.07) is 10.5. The Balaban J connectivity index is 1.39. The van der Waals surface area contributed by atoms with Crippen LogP contribution in [0.4, 0.5) is 4.39 Å². The van der Waals surface area contributed by atoms with Gasteiger partial charge in [0.15, 0.2) is 0 Å². The molecule has 1 aromatic heterocycles. The van der Waals surface area contributed by atoms with Crippen LogP contribution in [0, 0.1) is 5.82 Å². The minimum atomic E-state index is -3.77. The number of carbonyl (C=O) groups excluding carboxylic acids is 1. The minimum Gasteiger partial charge on any atom is -0.357 e. The lowest BCUT2D eigenvalue weighted by atomic mass is 10.0. The summed E-state index contributed by atoms with van der Waals surface area (Å²) >= 11 is 3.55.